The molecule has 2 heterocycles. The van der Waals surface area contributed by atoms with Crippen LogP contribution < -0.4 is 10.9 Å². The molecule has 2 rings (SSSR count). The average Bonchev–Trinajstić information content (AvgIpc) is 2.41. The minimum Gasteiger partial charge on any atom is -0.369 e. The summed E-state index contributed by atoms with van der Waals surface area (Å²) in [6, 6.07) is 0.707. The number of likely N-dealkylation sites (tertiary alicyclic amines) is 1. The number of piperidine rings is 1. The van der Waals surface area contributed by atoms with E-state index in [4.69, 9.17) is 0 Å². The minimum absolute atomic E-state index is 0.151. The van der Waals surface area contributed by atoms with Gasteiger partial charge in [-0.3, -0.25) is 4.79 Å². The number of nitrogens with zero attached hydrogens (tertiary/aromatic N) is 2. The second-order valence-corrected chi connectivity index (χ2v) is 5.85. The highest BCUT2D eigenvalue weighted by atomic mass is 79.9. The van der Waals surface area contributed by atoms with E-state index in [1.807, 2.05) is 0 Å². The predicted octanol–water partition coefficient (Wildman–Crippen LogP) is 2.21. The molecule has 1 aromatic heterocycles. The summed E-state index contributed by atoms with van der Waals surface area (Å²) >= 11 is 3.24. The predicted molar refractivity (Wildman–Crippen MR) is 80.6 cm³/mol. The normalized spacial score (nSPS) is 20.4. The van der Waals surface area contributed by atoms with E-state index in [0.717, 1.165) is 19.5 Å². The molecule has 0 spiro atoms. The first-order valence-electron chi connectivity index (χ1n) is 6.89. The molecular formula is C13H21BrN4O. The van der Waals surface area contributed by atoms with Crippen molar-refractivity contribution >= 4 is 21.7 Å². The van der Waals surface area contributed by atoms with Crippen LogP contribution >= 0.6 is 15.9 Å². The average molecular weight is 329 g/mol. The number of hydrogen-bond donors (Lipinski definition) is 2. The van der Waals surface area contributed by atoms with Crippen LogP contribution in [-0.4, -0.2) is 40.5 Å². The number of anilines is 1. The van der Waals surface area contributed by atoms with Crippen LogP contribution in [0.2, 0.25) is 0 Å². The Morgan fingerprint density at radius 2 is 2.42 bits per heavy atom. The molecule has 0 radical (unpaired) electrons. The second-order valence-electron chi connectivity index (χ2n) is 5.06. The standard InChI is InChI=1S/C13H21BrN4O/c1-10-5-2-3-7-18(10)8-4-6-15-12-11(14)13(19)17-9-16-12/h9-10H,2-8H2,1H3,(H2,15,16,17,19). The number of rotatable bonds is 5. The Labute approximate surface area is 121 Å². The first-order chi connectivity index (χ1) is 9.18. The van der Waals surface area contributed by atoms with Crippen molar-refractivity contribution in [2.75, 3.05) is 25.0 Å². The molecule has 19 heavy (non-hydrogen) atoms. The Bertz CT molecular complexity index is 462. The zero-order valence-electron chi connectivity index (χ0n) is 11.3. The fourth-order valence-electron chi connectivity index (χ4n) is 2.49. The third kappa shape index (κ3) is 4.04. The lowest BCUT2D eigenvalue weighted by atomic mass is 10.0. The molecule has 0 amide bonds. The number of aromatic amines is 1. The molecule has 1 aliphatic heterocycles. The zero-order chi connectivity index (χ0) is 13.7. The van der Waals surface area contributed by atoms with Crippen LogP contribution in [0.4, 0.5) is 5.82 Å². The first-order valence-corrected chi connectivity index (χ1v) is 7.69. The summed E-state index contributed by atoms with van der Waals surface area (Å²) in [5.74, 6) is 0.621. The van der Waals surface area contributed by atoms with Gasteiger partial charge >= 0.3 is 0 Å². The molecule has 2 N–H and O–H groups in total. The van der Waals surface area contributed by atoms with Crippen LogP contribution in [-0.2, 0) is 0 Å². The van der Waals surface area contributed by atoms with Gasteiger partial charge in [-0.25, -0.2) is 4.98 Å². The van der Waals surface area contributed by atoms with Crippen molar-refractivity contribution < 1.29 is 0 Å². The van der Waals surface area contributed by atoms with Crippen molar-refractivity contribution in [1.29, 1.82) is 0 Å². The zero-order valence-corrected chi connectivity index (χ0v) is 12.9. The number of H-pyrrole nitrogens is 1. The van der Waals surface area contributed by atoms with Crippen molar-refractivity contribution in [3.63, 3.8) is 0 Å². The molecule has 1 aromatic rings. The largest absolute Gasteiger partial charge is 0.369 e. The van der Waals surface area contributed by atoms with Crippen molar-refractivity contribution in [2.45, 2.75) is 38.6 Å². The fourth-order valence-corrected chi connectivity index (χ4v) is 2.84. The quantitative estimate of drug-likeness (QED) is 0.813. The summed E-state index contributed by atoms with van der Waals surface area (Å²) in [4.78, 5) is 20.6. The van der Waals surface area contributed by atoms with Crippen LogP contribution in [0.15, 0.2) is 15.6 Å². The monoisotopic (exact) mass is 328 g/mol. The molecule has 1 atom stereocenters. The van der Waals surface area contributed by atoms with Crippen LogP contribution in [0.3, 0.4) is 0 Å². The number of aromatic nitrogens is 2. The van der Waals surface area contributed by atoms with Gasteiger partial charge in [-0.2, -0.15) is 0 Å². The minimum atomic E-state index is -0.151. The van der Waals surface area contributed by atoms with Crippen LogP contribution in [0.5, 0.6) is 0 Å². The highest BCUT2D eigenvalue weighted by molar-refractivity contribution is 9.10. The molecule has 0 aromatic carbocycles. The van der Waals surface area contributed by atoms with Gasteiger partial charge in [-0.05, 0) is 48.7 Å². The van der Waals surface area contributed by atoms with Gasteiger partial charge in [-0.15, -0.1) is 0 Å². The molecule has 1 aliphatic rings. The van der Waals surface area contributed by atoms with Gasteiger partial charge in [0.05, 0.1) is 6.33 Å². The van der Waals surface area contributed by atoms with E-state index in [2.05, 4.69) is 43.0 Å². The van der Waals surface area contributed by atoms with Gasteiger partial charge in [-0.1, -0.05) is 6.42 Å². The van der Waals surface area contributed by atoms with Crippen LogP contribution in [0.1, 0.15) is 32.6 Å². The summed E-state index contributed by atoms with van der Waals surface area (Å²) in [6.45, 7) is 5.46. The molecule has 1 saturated heterocycles. The van der Waals surface area contributed by atoms with E-state index in [1.54, 1.807) is 0 Å². The number of hydrogen-bond acceptors (Lipinski definition) is 4. The first kappa shape index (κ1) is 14.5. The maximum Gasteiger partial charge on any atom is 0.267 e. The Kier molecular flexibility index (Phi) is 5.39. The third-order valence-electron chi connectivity index (χ3n) is 3.65. The molecule has 0 aliphatic carbocycles. The van der Waals surface area contributed by atoms with E-state index in [9.17, 15) is 4.79 Å². The van der Waals surface area contributed by atoms with Gasteiger partial charge in [0.25, 0.3) is 5.56 Å². The summed E-state index contributed by atoms with van der Waals surface area (Å²) in [5, 5.41) is 3.20. The van der Waals surface area contributed by atoms with E-state index in [-0.39, 0.29) is 5.56 Å². The smallest absolute Gasteiger partial charge is 0.267 e. The SMILES string of the molecule is CC1CCCCN1CCCNc1nc[nH]c(=O)c1Br. The van der Waals surface area contributed by atoms with Gasteiger partial charge in [0.1, 0.15) is 10.3 Å². The lowest BCUT2D eigenvalue weighted by molar-refractivity contribution is 0.160. The van der Waals surface area contributed by atoms with E-state index in [0.29, 0.717) is 16.3 Å². The summed E-state index contributed by atoms with van der Waals surface area (Å²) in [6.07, 6.45) is 6.47. The van der Waals surface area contributed by atoms with Crippen molar-refractivity contribution in [3.05, 3.63) is 21.2 Å². The lowest BCUT2D eigenvalue weighted by Crippen LogP contribution is -2.38. The molecule has 1 fully saturated rings. The van der Waals surface area contributed by atoms with Gasteiger partial charge < -0.3 is 15.2 Å². The molecule has 5 nitrogen and oxygen atoms in total. The Balaban J connectivity index is 1.74. The highest BCUT2D eigenvalue weighted by Crippen LogP contribution is 2.17. The molecular weight excluding hydrogens is 308 g/mol. The maximum atomic E-state index is 11.4. The van der Waals surface area contributed by atoms with E-state index in [1.165, 1.54) is 32.1 Å². The van der Waals surface area contributed by atoms with Gasteiger partial charge in [0.2, 0.25) is 0 Å². The van der Waals surface area contributed by atoms with Crippen molar-refractivity contribution in [1.82, 2.24) is 14.9 Å². The summed E-state index contributed by atoms with van der Waals surface area (Å²) in [7, 11) is 0. The van der Waals surface area contributed by atoms with Gasteiger partial charge in [0.15, 0.2) is 0 Å². The second kappa shape index (κ2) is 7.05. The Morgan fingerprint density at radius 1 is 1.58 bits per heavy atom. The summed E-state index contributed by atoms with van der Waals surface area (Å²) < 4.78 is 0.473. The topological polar surface area (TPSA) is 61.0 Å². The fraction of sp³-hybridized carbons (Fsp3) is 0.692. The Hall–Kier alpha value is -0.880. The van der Waals surface area contributed by atoms with Crippen LogP contribution in [0, 0.1) is 0 Å². The van der Waals surface area contributed by atoms with Crippen molar-refractivity contribution in [2.24, 2.45) is 0 Å². The van der Waals surface area contributed by atoms with Gasteiger partial charge in [0, 0.05) is 19.1 Å². The van der Waals surface area contributed by atoms with E-state index < -0.39 is 0 Å². The highest BCUT2D eigenvalue weighted by Gasteiger charge is 2.17. The number of halogens is 1. The molecule has 6 heteroatoms. The van der Waals surface area contributed by atoms with E-state index >= 15 is 0 Å². The van der Waals surface area contributed by atoms with Crippen LogP contribution in [0.25, 0.3) is 0 Å². The maximum absolute atomic E-state index is 11.4. The molecule has 0 saturated carbocycles. The summed E-state index contributed by atoms with van der Waals surface area (Å²) in [5.41, 5.74) is -0.151. The van der Waals surface area contributed by atoms with Crippen molar-refractivity contribution in [3.8, 4) is 0 Å². The third-order valence-corrected chi connectivity index (χ3v) is 4.39. The molecule has 1 unspecified atom stereocenters. The number of nitrogens with one attached hydrogen (secondary N) is 2. The lowest BCUT2D eigenvalue weighted by Gasteiger charge is -2.33. The molecule has 0 bridgehead atoms. The Morgan fingerprint density at radius 3 is 3.21 bits per heavy atom. The molecule has 106 valence electrons.